The monoisotopic (exact) mass is 273 g/mol. The van der Waals surface area contributed by atoms with Crippen molar-refractivity contribution < 1.29 is 0 Å². The largest absolute Gasteiger partial charge is 0.352 e. The molecule has 2 aromatic rings. The summed E-state index contributed by atoms with van der Waals surface area (Å²) in [5.74, 6) is 1.07. The van der Waals surface area contributed by atoms with Crippen molar-refractivity contribution >= 4 is 17.2 Å². The number of thiophene rings is 1. The Hall–Kier alpha value is -1.39. The zero-order chi connectivity index (χ0) is 13.2. The molecule has 0 amide bonds. The molecule has 0 radical (unpaired) electrons. The lowest BCUT2D eigenvalue weighted by Gasteiger charge is -2.28. The molecule has 3 rings (SSSR count). The van der Waals surface area contributed by atoms with Crippen LogP contribution < -0.4 is 10.6 Å². The molecule has 0 aliphatic carbocycles. The van der Waals surface area contributed by atoms with E-state index in [2.05, 4.69) is 33.5 Å². The molecule has 3 heterocycles. The summed E-state index contributed by atoms with van der Waals surface area (Å²) in [4.78, 5) is 8.47. The van der Waals surface area contributed by atoms with Crippen molar-refractivity contribution in [2.45, 2.75) is 32.4 Å². The average molecular weight is 273 g/mol. The van der Waals surface area contributed by atoms with E-state index in [1.807, 2.05) is 24.5 Å². The minimum atomic E-state index is 0.191. The molecule has 4 heteroatoms. The molecule has 0 fully saturated rings. The Morgan fingerprint density at radius 1 is 1.42 bits per heavy atom. The molecule has 1 unspecified atom stereocenters. The number of fused-ring (bicyclic) bond motifs is 1. The van der Waals surface area contributed by atoms with Crippen LogP contribution in [-0.4, -0.2) is 17.6 Å². The van der Waals surface area contributed by atoms with Crippen molar-refractivity contribution in [1.82, 2.24) is 4.98 Å². The lowest BCUT2D eigenvalue weighted by atomic mass is 10.1. The molecule has 0 spiro atoms. The zero-order valence-corrected chi connectivity index (χ0v) is 12.0. The first-order valence-electron chi connectivity index (χ1n) is 6.73. The number of hydrogen-bond acceptors (Lipinski definition) is 4. The SMILES string of the molecule is CC(N)Cc1ccc(N2CCc3sccc3C2)nc1. The second-order valence-electron chi connectivity index (χ2n) is 5.25. The van der Waals surface area contributed by atoms with Crippen molar-refractivity contribution in [2.24, 2.45) is 5.73 Å². The van der Waals surface area contributed by atoms with Crippen LogP contribution in [0.4, 0.5) is 5.82 Å². The number of anilines is 1. The topological polar surface area (TPSA) is 42.1 Å². The maximum absolute atomic E-state index is 5.81. The standard InChI is InChI=1S/C15H19N3S/c1-11(16)8-12-2-3-15(17-9-12)18-6-4-14-13(10-18)5-7-19-14/h2-3,5,7,9,11H,4,6,8,10,16H2,1H3. The fraction of sp³-hybridized carbons (Fsp3) is 0.400. The smallest absolute Gasteiger partial charge is 0.128 e. The highest BCUT2D eigenvalue weighted by Gasteiger charge is 2.18. The van der Waals surface area contributed by atoms with E-state index in [1.165, 1.54) is 16.0 Å². The van der Waals surface area contributed by atoms with Crippen LogP contribution in [0.15, 0.2) is 29.8 Å². The fourth-order valence-electron chi connectivity index (χ4n) is 2.54. The maximum Gasteiger partial charge on any atom is 0.128 e. The van der Waals surface area contributed by atoms with Crippen LogP contribution in [-0.2, 0) is 19.4 Å². The lowest BCUT2D eigenvalue weighted by molar-refractivity contribution is 0.722. The van der Waals surface area contributed by atoms with Gasteiger partial charge in [0.15, 0.2) is 0 Å². The first-order chi connectivity index (χ1) is 9.22. The third-order valence-electron chi connectivity index (χ3n) is 3.50. The zero-order valence-electron chi connectivity index (χ0n) is 11.2. The van der Waals surface area contributed by atoms with Gasteiger partial charge in [0.1, 0.15) is 5.82 Å². The molecule has 2 N–H and O–H groups in total. The van der Waals surface area contributed by atoms with Gasteiger partial charge in [0, 0.05) is 30.2 Å². The molecule has 0 bridgehead atoms. The summed E-state index contributed by atoms with van der Waals surface area (Å²) in [6.45, 7) is 4.07. The molecule has 1 atom stereocenters. The summed E-state index contributed by atoms with van der Waals surface area (Å²) < 4.78 is 0. The van der Waals surface area contributed by atoms with E-state index in [0.717, 1.165) is 31.7 Å². The molecule has 0 saturated carbocycles. The predicted molar refractivity (Wildman–Crippen MR) is 80.7 cm³/mol. The Morgan fingerprint density at radius 3 is 3.05 bits per heavy atom. The van der Waals surface area contributed by atoms with Crippen LogP contribution in [0.3, 0.4) is 0 Å². The summed E-state index contributed by atoms with van der Waals surface area (Å²) in [5.41, 5.74) is 8.48. The van der Waals surface area contributed by atoms with Crippen LogP contribution in [0.25, 0.3) is 0 Å². The van der Waals surface area contributed by atoms with Gasteiger partial charge in [-0.25, -0.2) is 4.98 Å². The van der Waals surface area contributed by atoms with Crippen molar-refractivity contribution in [3.8, 4) is 0 Å². The lowest BCUT2D eigenvalue weighted by Crippen LogP contribution is -2.30. The molecular weight excluding hydrogens is 254 g/mol. The molecule has 1 aliphatic heterocycles. The highest BCUT2D eigenvalue weighted by molar-refractivity contribution is 7.10. The first-order valence-corrected chi connectivity index (χ1v) is 7.61. The summed E-state index contributed by atoms with van der Waals surface area (Å²) in [5, 5.41) is 2.19. The molecule has 100 valence electrons. The first kappa shape index (κ1) is 12.6. The Kier molecular flexibility index (Phi) is 3.53. The van der Waals surface area contributed by atoms with E-state index in [1.54, 1.807) is 0 Å². The minimum absolute atomic E-state index is 0.191. The molecule has 0 aromatic carbocycles. The van der Waals surface area contributed by atoms with E-state index >= 15 is 0 Å². The third-order valence-corrected chi connectivity index (χ3v) is 4.52. The second-order valence-corrected chi connectivity index (χ2v) is 6.25. The van der Waals surface area contributed by atoms with Gasteiger partial charge in [0.05, 0.1) is 0 Å². The number of nitrogens with two attached hydrogens (primary N) is 1. The predicted octanol–water partition coefficient (Wildman–Crippen LogP) is 2.60. The van der Waals surface area contributed by atoms with Crippen LogP contribution >= 0.6 is 11.3 Å². The van der Waals surface area contributed by atoms with E-state index in [9.17, 15) is 0 Å². The van der Waals surface area contributed by atoms with E-state index in [4.69, 9.17) is 5.73 Å². The number of nitrogens with zero attached hydrogens (tertiary/aromatic N) is 2. The normalized spacial score (nSPS) is 16.2. The summed E-state index contributed by atoms with van der Waals surface area (Å²) in [6, 6.07) is 6.69. The molecule has 2 aromatic heterocycles. The number of hydrogen-bond donors (Lipinski definition) is 1. The molecule has 19 heavy (non-hydrogen) atoms. The highest BCUT2D eigenvalue weighted by Crippen LogP contribution is 2.26. The fourth-order valence-corrected chi connectivity index (χ4v) is 3.43. The van der Waals surface area contributed by atoms with Gasteiger partial charge in [0.25, 0.3) is 0 Å². The van der Waals surface area contributed by atoms with E-state index in [-0.39, 0.29) is 6.04 Å². The number of aromatic nitrogens is 1. The quantitative estimate of drug-likeness (QED) is 0.934. The van der Waals surface area contributed by atoms with E-state index < -0.39 is 0 Å². The van der Waals surface area contributed by atoms with Gasteiger partial charge in [0.2, 0.25) is 0 Å². The highest BCUT2D eigenvalue weighted by atomic mass is 32.1. The second kappa shape index (κ2) is 5.31. The van der Waals surface area contributed by atoms with E-state index in [0.29, 0.717) is 0 Å². The summed E-state index contributed by atoms with van der Waals surface area (Å²) in [6.07, 6.45) is 3.99. The van der Waals surface area contributed by atoms with Crippen LogP contribution in [0.1, 0.15) is 22.9 Å². The van der Waals surface area contributed by atoms with Crippen LogP contribution in [0, 0.1) is 0 Å². The summed E-state index contributed by atoms with van der Waals surface area (Å²) >= 11 is 1.87. The Bertz CT molecular complexity index is 545. The third kappa shape index (κ3) is 2.80. The van der Waals surface area contributed by atoms with Gasteiger partial charge < -0.3 is 10.6 Å². The Morgan fingerprint density at radius 2 is 2.32 bits per heavy atom. The summed E-state index contributed by atoms with van der Waals surface area (Å²) in [7, 11) is 0. The number of rotatable bonds is 3. The van der Waals surface area contributed by atoms with Gasteiger partial charge in [-0.3, -0.25) is 0 Å². The van der Waals surface area contributed by atoms with Gasteiger partial charge in [-0.1, -0.05) is 6.07 Å². The maximum atomic E-state index is 5.81. The van der Waals surface area contributed by atoms with Crippen molar-refractivity contribution in [1.29, 1.82) is 0 Å². The van der Waals surface area contributed by atoms with Gasteiger partial charge >= 0.3 is 0 Å². The molecule has 3 nitrogen and oxygen atoms in total. The van der Waals surface area contributed by atoms with Crippen molar-refractivity contribution in [3.63, 3.8) is 0 Å². The molecule has 0 saturated heterocycles. The molecule has 1 aliphatic rings. The van der Waals surface area contributed by atoms with Crippen molar-refractivity contribution in [2.75, 3.05) is 11.4 Å². The number of pyridine rings is 1. The van der Waals surface area contributed by atoms with Gasteiger partial charge in [-0.2, -0.15) is 0 Å². The Labute approximate surface area is 118 Å². The minimum Gasteiger partial charge on any atom is -0.352 e. The van der Waals surface area contributed by atoms with Gasteiger partial charge in [-0.15, -0.1) is 11.3 Å². The van der Waals surface area contributed by atoms with Crippen LogP contribution in [0.2, 0.25) is 0 Å². The Balaban J connectivity index is 1.73. The average Bonchev–Trinajstić information content (AvgIpc) is 2.86. The molecular formula is C15H19N3S. The van der Waals surface area contributed by atoms with Crippen LogP contribution in [0.5, 0.6) is 0 Å². The van der Waals surface area contributed by atoms with Crippen molar-refractivity contribution in [3.05, 3.63) is 45.8 Å². The van der Waals surface area contributed by atoms with Gasteiger partial charge in [-0.05, 0) is 48.4 Å².